The Hall–Kier alpha value is -0.440. The van der Waals surface area contributed by atoms with Gasteiger partial charge in [-0.3, -0.25) is 0 Å². The molecule has 0 bridgehead atoms. The van der Waals surface area contributed by atoms with Crippen LogP contribution in [0.15, 0.2) is 5.38 Å². The van der Waals surface area contributed by atoms with Gasteiger partial charge >= 0.3 is 0 Å². The van der Waals surface area contributed by atoms with E-state index in [-0.39, 0.29) is 0 Å². The van der Waals surface area contributed by atoms with E-state index in [1.54, 1.807) is 5.38 Å². The van der Waals surface area contributed by atoms with Crippen LogP contribution in [0, 0.1) is 6.92 Å². The highest BCUT2D eigenvalue weighted by Gasteiger charge is 1.93. The number of nitrogens with zero attached hydrogens (tertiary/aromatic N) is 1. The lowest BCUT2D eigenvalue weighted by atomic mass is 10.6. The average Bonchev–Trinajstić information content (AvgIpc) is 2.14. The van der Waals surface area contributed by atoms with Gasteiger partial charge < -0.3 is 0 Å². The first-order valence-electron chi connectivity index (χ1n) is 2.30. The van der Waals surface area contributed by atoms with E-state index in [0.29, 0.717) is 5.69 Å². The van der Waals surface area contributed by atoms with E-state index in [0.717, 1.165) is 5.01 Å². The Balaban J connectivity index is 2.84. The van der Waals surface area contributed by atoms with E-state index in [2.05, 4.69) is 4.98 Å². The SMILES string of the molecule is Cc1nc(CF)cs1. The van der Waals surface area contributed by atoms with Gasteiger partial charge in [0.2, 0.25) is 0 Å². The molecule has 1 heterocycles. The van der Waals surface area contributed by atoms with Crippen molar-refractivity contribution in [3.05, 3.63) is 16.1 Å². The topological polar surface area (TPSA) is 12.9 Å². The molecular weight excluding hydrogens is 125 g/mol. The van der Waals surface area contributed by atoms with Crippen LogP contribution < -0.4 is 0 Å². The highest BCUT2D eigenvalue weighted by Crippen LogP contribution is 2.07. The Labute approximate surface area is 51.2 Å². The lowest BCUT2D eigenvalue weighted by Crippen LogP contribution is -1.75. The summed E-state index contributed by atoms with van der Waals surface area (Å²) in [7, 11) is 0. The molecule has 0 spiro atoms. The minimum absolute atomic E-state index is 0.440. The van der Waals surface area contributed by atoms with E-state index < -0.39 is 6.67 Å². The molecule has 1 aromatic heterocycles. The fourth-order valence-electron chi connectivity index (χ4n) is 0.470. The molecule has 1 rings (SSSR count). The molecule has 3 heteroatoms. The van der Waals surface area contributed by atoms with Gasteiger partial charge in [0, 0.05) is 5.38 Å². The standard InChI is InChI=1S/C5H6FNS/c1-4-7-5(2-6)3-8-4/h3H,2H2,1H3. The van der Waals surface area contributed by atoms with Crippen molar-refractivity contribution in [2.24, 2.45) is 0 Å². The molecular formula is C5H6FNS. The molecule has 0 atom stereocenters. The van der Waals surface area contributed by atoms with Crippen molar-refractivity contribution in [1.29, 1.82) is 0 Å². The number of aryl methyl sites for hydroxylation is 1. The van der Waals surface area contributed by atoms with Crippen LogP contribution in [0.5, 0.6) is 0 Å². The molecule has 0 aliphatic heterocycles. The third-order valence-electron chi connectivity index (χ3n) is 0.803. The van der Waals surface area contributed by atoms with Crippen LogP contribution in [-0.2, 0) is 6.67 Å². The van der Waals surface area contributed by atoms with Crippen molar-refractivity contribution in [2.75, 3.05) is 0 Å². The van der Waals surface area contributed by atoms with Gasteiger partial charge in [-0.2, -0.15) is 0 Å². The maximum atomic E-state index is 11.7. The first-order valence-corrected chi connectivity index (χ1v) is 3.18. The first-order chi connectivity index (χ1) is 3.83. The number of rotatable bonds is 1. The average molecular weight is 131 g/mol. The number of aromatic nitrogens is 1. The summed E-state index contributed by atoms with van der Waals surface area (Å²) in [6.07, 6.45) is 0. The number of halogens is 1. The van der Waals surface area contributed by atoms with Gasteiger partial charge in [0.15, 0.2) is 0 Å². The summed E-state index contributed by atoms with van der Waals surface area (Å²) in [5.41, 5.74) is 0.549. The van der Waals surface area contributed by atoms with Gasteiger partial charge in [0.25, 0.3) is 0 Å². The normalized spacial score (nSPS) is 9.75. The van der Waals surface area contributed by atoms with Gasteiger partial charge in [-0.1, -0.05) is 0 Å². The Morgan fingerprint density at radius 1 is 1.88 bits per heavy atom. The lowest BCUT2D eigenvalue weighted by Gasteiger charge is -1.77. The maximum absolute atomic E-state index is 11.7. The Morgan fingerprint density at radius 2 is 2.62 bits per heavy atom. The zero-order valence-electron chi connectivity index (χ0n) is 4.52. The summed E-state index contributed by atoms with van der Waals surface area (Å²) in [6.45, 7) is 1.42. The zero-order chi connectivity index (χ0) is 5.98. The van der Waals surface area contributed by atoms with Crippen LogP contribution in [0.2, 0.25) is 0 Å². The second-order valence-corrected chi connectivity index (χ2v) is 2.55. The van der Waals surface area contributed by atoms with Crippen LogP contribution in [-0.4, -0.2) is 4.98 Å². The molecule has 8 heavy (non-hydrogen) atoms. The van der Waals surface area contributed by atoms with Crippen LogP contribution in [0.4, 0.5) is 4.39 Å². The summed E-state index contributed by atoms with van der Waals surface area (Å²) in [5, 5.41) is 2.66. The predicted octanol–water partition coefficient (Wildman–Crippen LogP) is 1.92. The van der Waals surface area contributed by atoms with E-state index in [9.17, 15) is 4.39 Å². The molecule has 0 saturated carbocycles. The number of thiazole rings is 1. The van der Waals surface area contributed by atoms with Crippen LogP contribution in [0.1, 0.15) is 10.7 Å². The van der Waals surface area contributed by atoms with Crippen molar-refractivity contribution in [3.8, 4) is 0 Å². The van der Waals surface area contributed by atoms with Crippen molar-refractivity contribution in [1.82, 2.24) is 4.98 Å². The third kappa shape index (κ3) is 1.04. The molecule has 0 aliphatic rings. The molecule has 0 radical (unpaired) electrons. The fraction of sp³-hybridized carbons (Fsp3) is 0.400. The van der Waals surface area contributed by atoms with E-state index in [4.69, 9.17) is 0 Å². The van der Waals surface area contributed by atoms with Crippen LogP contribution in [0.3, 0.4) is 0 Å². The second kappa shape index (κ2) is 2.22. The minimum atomic E-state index is -0.440. The van der Waals surface area contributed by atoms with Gasteiger partial charge in [0.1, 0.15) is 6.67 Å². The van der Waals surface area contributed by atoms with Crippen molar-refractivity contribution in [2.45, 2.75) is 13.6 Å². The smallest absolute Gasteiger partial charge is 0.132 e. The third-order valence-corrected chi connectivity index (χ3v) is 1.63. The summed E-state index contributed by atoms with van der Waals surface area (Å²) in [4.78, 5) is 3.87. The Bertz CT molecular complexity index is 173. The van der Waals surface area contributed by atoms with Crippen LogP contribution in [0.25, 0.3) is 0 Å². The molecule has 0 fully saturated rings. The summed E-state index contributed by atoms with van der Waals surface area (Å²) >= 11 is 1.48. The highest BCUT2D eigenvalue weighted by molar-refractivity contribution is 7.09. The monoisotopic (exact) mass is 131 g/mol. The molecule has 44 valence electrons. The molecule has 0 unspecified atom stereocenters. The van der Waals surface area contributed by atoms with E-state index >= 15 is 0 Å². The van der Waals surface area contributed by atoms with Crippen molar-refractivity contribution in [3.63, 3.8) is 0 Å². The largest absolute Gasteiger partial charge is 0.244 e. The van der Waals surface area contributed by atoms with Gasteiger partial charge in [0.05, 0.1) is 10.7 Å². The summed E-state index contributed by atoms with van der Waals surface area (Å²) in [5.74, 6) is 0. The lowest BCUT2D eigenvalue weighted by molar-refractivity contribution is 0.477. The summed E-state index contributed by atoms with van der Waals surface area (Å²) < 4.78 is 11.7. The number of hydrogen-bond donors (Lipinski definition) is 0. The Morgan fingerprint density at radius 3 is 2.88 bits per heavy atom. The molecule has 0 amide bonds. The summed E-state index contributed by atoms with van der Waals surface area (Å²) in [6, 6.07) is 0. The molecule has 0 saturated heterocycles. The molecule has 0 aliphatic carbocycles. The molecule has 1 nitrogen and oxygen atoms in total. The molecule has 0 N–H and O–H groups in total. The maximum Gasteiger partial charge on any atom is 0.132 e. The van der Waals surface area contributed by atoms with E-state index in [1.807, 2.05) is 6.92 Å². The van der Waals surface area contributed by atoms with Crippen molar-refractivity contribution >= 4 is 11.3 Å². The van der Waals surface area contributed by atoms with Gasteiger partial charge in [-0.15, -0.1) is 11.3 Å². The first kappa shape index (κ1) is 5.69. The fourth-order valence-corrected chi connectivity index (χ4v) is 1.06. The highest BCUT2D eigenvalue weighted by atomic mass is 32.1. The van der Waals surface area contributed by atoms with Gasteiger partial charge in [-0.25, -0.2) is 9.37 Å². The molecule has 0 aromatic carbocycles. The van der Waals surface area contributed by atoms with E-state index in [1.165, 1.54) is 11.3 Å². The minimum Gasteiger partial charge on any atom is -0.244 e. The quantitative estimate of drug-likeness (QED) is 0.567. The Kier molecular flexibility index (Phi) is 1.58. The zero-order valence-corrected chi connectivity index (χ0v) is 5.33. The number of alkyl halides is 1. The van der Waals surface area contributed by atoms with Gasteiger partial charge in [-0.05, 0) is 6.92 Å². The second-order valence-electron chi connectivity index (χ2n) is 1.49. The number of hydrogen-bond acceptors (Lipinski definition) is 2. The predicted molar refractivity (Wildman–Crippen MR) is 31.7 cm³/mol. The molecule has 1 aromatic rings. The van der Waals surface area contributed by atoms with Crippen molar-refractivity contribution < 1.29 is 4.39 Å². The van der Waals surface area contributed by atoms with Crippen LogP contribution >= 0.6 is 11.3 Å².